The number of para-hydroxylation sites is 1. The molecule has 0 amide bonds. The summed E-state index contributed by atoms with van der Waals surface area (Å²) in [4.78, 5) is 0. The van der Waals surface area contributed by atoms with E-state index in [-0.39, 0.29) is 34.1 Å². The molecule has 0 radical (unpaired) electrons. The third kappa shape index (κ3) is 4.61. The van der Waals surface area contributed by atoms with Gasteiger partial charge in [0.1, 0.15) is 0 Å². The molecule has 0 aliphatic rings. The van der Waals surface area contributed by atoms with Crippen LogP contribution in [0.1, 0.15) is 13.8 Å². The minimum atomic E-state index is -0.306. The van der Waals surface area contributed by atoms with Gasteiger partial charge in [0.05, 0.1) is 0 Å². The average molecular weight is 528 g/mol. The normalized spacial score (nSPS) is 10.5. The summed E-state index contributed by atoms with van der Waals surface area (Å²) in [7, 11) is 0. The molecular weight excluding hydrogens is 507 g/mol. The Morgan fingerprint density at radius 3 is 2.41 bits per heavy atom. The van der Waals surface area contributed by atoms with Gasteiger partial charge in [-0.25, -0.2) is 0 Å². The summed E-state index contributed by atoms with van der Waals surface area (Å²) in [5.41, 5.74) is 13.4. The van der Waals surface area contributed by atoms with E-state index in [0.29, 0.717) is 18.9 Å². The fourth-order valence-corrected chi connectivity index (χ4v) is 12.3. The number of rotatable bonds is 7. The van der Waals surface area contributed by atoms with Crippen LogP contribution < -0.4 is 28.2 Å². The molecule has 0 atom stereocenters. The number of nitrogens with two attached hydrogens (primary N) is 2. The molecule has 0 spiro atoms. The molecule has 0 saturated carbocycles. The van der Waals surface area contributed by atoms with Crippen LogP contribution in [0, 0.1) is 0 Å². The topological polar surface area (TPSA) is 70.5 Å². The first-order chi connectivity index (χ1) is 10.7. The van der Waals surface area contributed by atoms with Crippen molar-refractivity contribution in [1.82, 2.24) is 0 Å². The number of hydrogen-bond donors (Lipinski definition) is 2. The van der Waals surface area contributed by atoms with Crippen LogP contribution in [-0.2, 0) is 0 Å². The molecule has 2 aromatic rings. The fraction of sp³-hybridized carbons (Fsp3) is 0.250. The van der Waals surface area contributed by atoms with Crippen molar-refractivity contribution in [2.75, 3.05) is 24.7 Å². The molecule has 2 rings (SSSR count). The summed E-state index contributed by atoms with van der Waals surface area (Å²) >= 11 is -0.577. The van der Waals surface area contributed by atoms with Crippen molar-refractivity contribution in [2.24, 2.45) is 0 Å². The van der Waals surface area contributed by atoms with Crippen molar-refractivity contribution in [1.29, 1.82) is 0 Å². The standard InChI is InChI=1S/C16H20N2O2Te2/c1-3-19-14-10-11(8-9-12(14)17)21-22-15-7-5-6-13(18)16(15)20-4-2/h5-10H,3-4,17-18H2,1-2H3. The van der Waals surface area contributed by atoms with Crippen LogP contribution in [0.15, 0.2) is 36.4 Å². The second-order valence-corrected chi connectivity index (χ2v) is 14.3. The summed E-state index contributed by atoms with van der Waals surface area (Å²) in [6.45, 7) is 5.24. The Hall–Kier alpha value is -0.781. The number of anilines is 2. The van der Waals surface area contributed by atoms with Gasteiger partial charge in [0, 0.05) is 0 Å². The van der Waals surface area contributed by atoms with Crippen LogP contribution >= 0.6 is 0 Å². The Bertz CT molecular complexity index is 636. The van der Waals surface area contributed by atoms with Gasteiger partial charge in [-0.1, -0.05) is 0 Å². The molecule has 0 unspecified atom stereocenters. The molecule has 4 N–H and O–H groups in total. The van der Waals surface area contributed by atoms with Gasteiger partial charge in [-0.3, -0.25) is 0 Å². The van der Waals surface area contributed by atoms with Gasteiger partial charge in [-0.2, -0.15) is 0 Å². The molecule has 6 heteroatoms. The van der Waals surface area contributed by atoms with Crippen LogP contribution in [0.25, 0.3) is 0 Å². The molecule has 0 heterocycles. The summed E-state index contributed by atoms with van der Waals surface area (Å²) < 4.78 is 14.0. The molecule has 118 valence electrons. The maximum atomic E-state index is 6.03. The van der Waals surface area contributed by atoms with Crippen molar-refractivity contribution in [3.05, 3.63) is 36.4 Å². The van der Waals surface area contributed by atoms with E-state index in [9.17, 15) is 0 Å². The van der Waals surface area contributed by atoms with Gasteiger partial charge in [0.2, 0.25) is 0 Å². The Morgan fingerprint density at radius 2 is 1.68 bits per heavy atom. The van der Waals surface area contributed by atoms with Crippen LogP contribution in [0.2, 0.25) is 0 Å². The van der Waals surface area contributed by atoms with E-state index in [2.05, 4.69) is 18.2 Å². The second-order valence-electron chi connectivity index (χ2n) is 4.41. The first-order valence-electron chi connectivity index (χ1n) is 7.03. The van der Waals surface area contributed by atoms with E-state index in [0.717, 1.165) is 17.2 Å². The van der Waals surface area contributed by atoms with Crippen LogP contribution in [0.4, 0.5) is 11.4 Å². The van der Waals surface area contributed by atoms with Crippen molar-refractivity contribution in [2.45, 2.75) is 13.8 Å². The number of hydrogen-bond acceptors (Lipinski definition) is 4. The quantitative estimate of drug-likeness (QED) is 0.415. The molecule has 0 aliphatic heterocycles. The second kappa shape index (κ2) is 8.75. The third-order valence-electron chi connectivity index (χ3n) is 2.81. The number of benzene rings is 2. The van der Waals surface area contributed by atoms with Crippen LogP contribution in [0.5, 0.6) is 11.5 Å². The zero-order valence-corrected chi connectivity index (χ0v) is 17.3. The Balaban J connectivity index is 2.13. The van der Waals surface area contributed by atoms with E-state index in [1.807, 2.05) is 32.0 Å². The fourth-order valence-electron chi connectivity index (χ4n) is 1.84. The Morgan fingerprint density at radius 1 is 0.909 bits per heavy atom. The molecule has 0 saturated heterocycles. The van der Waals surface area contributed by atoms with Crippen molar-refractivity contribution < 1.29 is 9.47 Å². The van der Waals surface area contributed by atoms with E-state index >= 15 is 0 Å². The van der Waals surface area contributed by atoms with Gasteiger partial charge in [0.25, 0.3) is 0 Å². The molecule has 0 aromatic heterocycles. The summed E-state index contributed by atoms with van der Waals surface area (Å²) in [5.74, 6) is 1.69. The van der Waals surface area contributed by atoms with E-state index in [1.165, 1.54) is 7.22 Å². The molecule has 22 heavy (non-hydrogen) atoms. The van der Waals surface area contributed by atoms with Gasteiger partial charge < -0.3 is 0 Å². The molecule has 0 aliphatic carbocycles. The average Bonchev–Trinajstić information content (AvgIpc) is 2.51. The predicted molar refractivity (Wildman–Crippen MR) is 94.8 cm³/mol. The zero-order valence-electron chi connectivity index (χ0n) is 12.7. The third-order valence-corrected chi connectivity index (χ3v) is 14.5. The van der Waals surface area contributed by atoms with Crippen molar-refractivity contribution in [3.8, 4) is 11.5 Å². The minimum absolute atomic E-state index is 0.272. The molecular formula is C16H20N2O2Te2. The van der Waals surface area contributed by atoms with Gasteiger partial charge in [-0.05, 0) is 0 Å². The summed E-state index contributed by atoms with van der Waals surface area (Å²) in [5, 5.41) is 0. The molecule has 0 bridgehead atoms. The van der Waals surface area contributed by atoms with E-state index < -0.39 is 0 Å². The maximum absolute atomic E-state index is 6.03. The SMILES string of the molecule is CCOc1cc([Te][Te]c2cccc(N)c2OCC)ccc1N. The first-order valence-corrected chi connectivity index (χ1v) is 16.7. The van der Waals surface area contributed by atoms with Crippen LogP contribution in [-0.4, -0.2) is 47.3 Å². The Kier molecular flexibility index (Phi) is 6.99. The summed E-state index contributed by atoms with van der Waals surface area (Å²) in [6.07, 6.45) is 0. The molecule has 4 nitrogen and oxygen atoms in total. The predicted octanol–water partition coefficient (Wildman–Crippen LogP) is 0.923. The van der Waals surface area contributed by atoms with Gasteiger partial charge in [-0.15, -0.1) is 0 Å². The summed E-state index contributed by atoms with van der Waals surface area (Å²) in [6, 6.07) is 12.2. The zero-order chi connectivity index (χ0) is 15.9. The Labute approximate surface area is 147 Å². The van der Waals surface area contributed by atoms with E-state index in [1.54, 1.807) is 0 Å². The number of ether oxygens (including phenoxy) is 2. The monoisotopic (exact) mass is 532 g/mol. The molecule has 2 aromatic carbocycles. The first kappa shape index (κ1) is 17.6. The number of nitrogen functional groups attached to an aromatic ring is 2. The van der Waals surface area contributed by atoms with Gasteiger partial charge >= 0.3 is 149 Å². The molecule has 0 fully saturated rings. The van der Waals surface area contributed by atoms with Crippen molar-refractivity contribution >= 4 is 52.7 Å². The van der Waals surface area contributed by atoms with E-state index in [4.69, 9.17) is 20.9 Å². The van der Waals surface area contributed by atoms with Gasteiger partial charge in [0.15, 0.2) is 0 Å². The van der Waals surface area contributed by atoms with Crippen molar-refractivity contribution in [3.63, 3.8) is 0 Å². The van der Waals surface area contributed by atoms with Crippen LogP contribution in [0.3, 0.4) is 0 Å².